The van der Waals surface area contributed by atoms with E-state index in [2.05, 4.69) is 11.8 Å². The second kappa shape index (κ2) is 5.47. The summed E-state index contributed by atoms with van der Waals surface area (Å²) in [6.45, 7) is 0. The highest BCUT2D eigenvalue weighted by atomic mass is 35.5. The standard InChI is InChI=1S/C11H7ClF2O/c12-4-2-1-3-8-5-10(13)9(7-15)11(14)6-8/h5-7H,2,4H2. The van der Waals surface area contributed by atoms with E-state index in [-0.39, 0.29) is 11.8 Å². The van der Waals surface area contributed by atoms with E-state index in [1.54, 1.807) is 0 Å². The molecule has 0 aromatic heterocycles. The Morgan fingerprint density at radius 3 is 2.40 bits per heavy atom. The van der Waals surface area contributed by atoms with Gasteiger partial charge in [-0.15, -0.1) is 11.6 Å². The summed E-state index contributed by atoms with van der Waals surface area (Å²) in [4.78, 5) is 10.3. The number of hydrogen-bond acceptors (Lipinski definition) is 1. The summed E-state index contributed by atoms with van der Waals surface area (Å²) >= 11 is 5.38. The predicted molar refractivity (Wildman–Crippen MR) is 54.0 cm³/mol. The fraction of sp³-hybridized carbons (Fsp3) is 0.182. The first-order valence-corrected chi connectivity index (χ1v) is 4.71. The lowest BCUT2D eigenvalue weighted by Gasteiger charge is -1.97. The van der Waals surface area contributed by atoms with Gasteiger partial charge in [0.2, 0.25) is 0 Å². The van der Waals surface area contributed by atoms with Crippen molar-refractivity contribution in [3.63, 3.8) is 0 Å². The van der Waals surface area contributed by atoms with Crippen molar-refractivity contribution in [1.82, 2.24) is 0 Å². The highest BCUT2D eigenvalue weighted by Crippen LogP contribution is 2.12. The molecule has 15 heavy (non-hydrogen) atoms. The van der Waals surface area contributed by atoms with Crippen LogP contribution in [0.3, 0.4) is 0 Å². The molecule has 78 valence electrons. The third-order valence-electron chi connectivity index (χ3n) is 1.65. The van der Waals surface area contributed by atoms with Gasteiger partial charge in [-0.3, -0.25) is 4.79 Å². The molecule has 0 bridgehead atoms. The fourth-order valence-corrected chi connectivity index (χ4v) is 1.08. The highest BCUT2D eigenvalue weighted by molar-refractivity contribution is 6.18. The van der Waals surface area contributed by atoms with Crippen molar-refractivity contribution in [3.8, 4) is 11.8 Å². The summed E-state index contributed by atoms with van der Waals surface area (Å²) in [6.07, 6.45) is 0.584. The van der Waals surface area contributed by atoms with Crippen molar-refractivity contribution < 1.29 is 13.6 Å². The zero-order valence-electron chi connectivity index (χ0n) is 7.69. The first-order valence-electron chi connectivity index (χ1n) is 4.18. The predicted octanol–water partition coefficient (Wildman–Crippen LogP) is 2.76. The molecule has 0 heterocycles. The zero-order valence-corrected chi connectivity index (χ0v) is 8.44. The van der Waals surface area contributed by atoms with Gasteiger partial charge in [0.15, 0.2) is 6.29 Å². The lowest BCUT2D eigenvalue weighted by Crippen LogP contribution is -1.94. The molecule has 0 fully saturated rings. The second-order valence-corrected chi connectivity index (χ2v) is 3.09. The molecule has 0 spiro atoms. The minimum absolute atomic E-state index is 0.140. The van der Waals surface area contributed by atoms with E-state index in [9.17, 15) is 13.6 Å². The first kappa shape index (κ1) is 11.7. The van der Waals surface area contributed by atoms with Crippen LogP contribution in [0.25, 0.3) is 0 Å². The molecule has 0 saturated carbocycles. The average molecular weight is 229 g/mol. The average Bonchev–Trinajstić information content (AvgIpc) is 2.18. The summed E-state index contributed by atoms with van der Waals surface area (Å²) in [5, 5.41) is 0. The molecule has 0 unspecified atom stereocenters. The van der Waals surface area contributed by atoms with Crippen LogP contribution in [-0.4, -0.2) is 12.2 Å². The van der Waals surface area contributed by atoms with Crippen LogP contribution in [-0.2, 0) is 0 Å². The minimum Gasteiger partial charge on any atom is -0.298 e. The molecule has 0 radical (unpaired) electrons. The number of carbonyl (C=O) groups excluding carboxylic acids is 1. The summed E-state index contributed by atoms with van der Waals surface area (Å²) in [6, 6.07) is 2.04. The van der Waals surface area contributed by atoms with Crippen LogP contribution in [0.4, 0.5) is 8.78 Å². The Morgan fingerprint density at radius 1 is 1.33 bits per heavy atom. The molecule has 0 amide bonds. The number of halogens is 3. The van der Waals surface area contributed by atoms with Crippen LogP contribution < -0.4 is 0 Å². The summed E-state index contributed by atoms with van der Waals surface area (Å²) in [7, 11) is 0. The molecule has 1 rings (SSSR count). The van der Waals surface area contributed by atoms with Crippen LogP contribution in [0.1, 0.15) is 22.3 Å². The smallest absolute Gasteiger partial charge is 0.155 e. The molecule has 1 nitrogen and oxygen atoms in total. The van der Waals surface area contributed by atoms with Gasteiger partial charge in [-0.05, 0) is 12.1 Å². The quantitative estimate of drug-likeness (QED) is 0.432. The number of rotatable bonds is 2. The summed E-state index contributed by atoms with van der Waals surface area (Å²) < 4.78 is 26.1. The maximum Gasteiger partial charge on any atom is 0.155 e. The topological polar surface area (TPSA) is 17.1 Å². The Kier molecular flexibility index (Phi) is 4.26. The zero-order chi connectivity index (χ0) is 11.3. The van der Waals surface area contributed by atoms with Crippen molar-refractivity contribution in [2.45, 2.75) is 6.42 Å². The van der Waals surface area contributed by atoms with Gasteiger partial charge >= 0.3 is 0 Å². The van der Waals surface area contributed by atoms with Crippen molar-refractivity contribution in [2.75, 3.05) is 5.88 Å². The summed E-state index contributed by atoms with van der Waals surface area (Å²) in [5.41, 5.74) is -0.376. The van der Waals surface area contributed by atoms with E-state index < -0.39 is 17.2 Å². The van der Waals surface area contributed by atoms with Gasteiger partial charge in [0.1, 0.15) is 11.6 Å². The maximum atomic E-state index is 13.1. The molecule has 0 aliphatic carbocycles. The van der Waals surface area contributed by atoms with Gasteiger partial charge in [0, 0.05) is 17.9 Å². The van der Waals surface area contributed by atoms with Crippen LogP contribution in [0.5, 0.6) is 0 Å². The van der Waals surface area contributed by atoms with Crippen molar-refractivity contribution in [3.05, 3.63) is 34.9 Å². The van der Waals surface area contributed by atoms with Crippen LogP contribution >= 0.6 is 11.6 Å². The highest BCUT2D eigenvalue weighted by Gasteiger charge is 2.08. The second-order valence-electron chi connectivity index (χ2n) is 2.71. The molecule has 0 aliphatic heterocycles. The molecular formula is C11H7ClF2O. The molecular weight excluding hydrogens is 222 g/mol. The van der Waals surface area contributed by atoms with Gasteiger partial charge in [0.25, 0.3) is 0 Å². The number of alkyl halides is 1. The van der Waals surface area contributed by atoms with E-state index in [4.69, 9.17) is 11.6 Å². The SMILES string of the molecule is O=Cc1c(F)cc(C#CCCCl)cc1F. The maximum absolute atomic E-state index is 13.1. The van der Waals surface area contributed by atoms with Crippen LogP contribution in [0, 0.1) is 23.5 Å². The molecule has 1 aromatic rings. The minimum atomic E-state index is -0.903. The van der Waals surface area contributed by atoms with E-state index >= 15 is 0 Å². The Balaban J connectivity index is 3.05. The lowest BCUT2D eigenvalue weighted by molar-refractivity contribution is 0.111. The van der Waals surface area contributed by atoms with Gasteiger partial charge in [0.05, 0.1) is 5.56 Å². The van der Waals surface area contributed by atoms with Gasteiger partial charge in [-0.2, -0.15) is 0 Å². The van der Waals surface area contributed by atoms with Crippen molar-refractivity contribution in [1.29, 1.82) is 0 Å². The van der Waals surface area contributed by atoms with E-state index in [0.717, 1.165) is 12.1 Å². The van der Waals surface area contributed by atoms with E-state index in [1.165, 1.54) is 0 Å². The molecule has 4 heteroatoms. The number of carbonyl (C=O) groups is 1. The fourth-order valence-electron chi connectivity index (χ4n) is 0.981. The third kappa shape index (κ3) is 3.03. The van der Waals surface area contributed by atoms with Crippen molar-refractivity contribution in [2.24, 2.45) is 0 Å². The number of hydrogen-bond donors (Lipinski definition) is 0. The van der Waals surface area contributed by atoms with E-state index in [1.807, 2.05) is 0 Å². The normalized spacial score (nSPS) is 9.27. The number of benzene rings is 1. The number of aldehydes is 1. The lowest BCUT2D eigenvalue weighted by atomic mass is 10.1. The van der Waals surface area contributed by atoms with Gasteiger partial charge < -0.3 is 0 Å². The van der Waals surface area contributed by atoms with Crippen molar-refractivity contribution >= 4 is 17.9 Å². The van der Waals surface area contributed by atoms with E-state index in [0.29, 0.717) is 12.3 Å². The Morgan fingerprint density at radius 2 is 1.93 bits per heavy atom. The molecule has 0 saturated heterocycles. The summed E-state index contributed by atoms with van der Waals surface area (Å²) in [5.74, 6) is 3.75. The molecule has 0 atom stereocenters. The van der Waals surface area contributed by atoms with Gasteiger partial charge in [-0.1, -0.05) is 11.8 Å². The third-order valence-corrected chi connectivity index (χ3v) is 1.84. The molecule has 1 aromatic carbocycles. The monoisotopic (exact) mass is 228 g/mol. The molecule has 0 aliphatic rings. The van der Waals surface area contributed by atoms with Gasteiger partial charge in [-0.25, -0.2) is 8.78 Å². The van der Waals surface area contributed by atoms with Crippen LogP contribution in [0.2, 0.25) is 0 Å². The largest absolute Gasteiger partial charge is 0.298 e. The molecule has 0 N–H and O–H groups in total. The first-order chi connectivity index (χ1) is 7.19. The Bertz CT molecular complexity index is 409. The van der Waals surface area contributed by atoms with Crippen LogP contribution in [0.15, 0.2) is 12.1 Å². The Labute approximate surface area is 91.1 Å². The Hall–Kier alpha value is -1.40.